The van der Waals surface area contributed by atoms with E-state index in [0.29, 0.717) is 6.54 Å². The summed E-state index contributed by atoms with van der Waals surface area (Å²) in [6, 6.07) is 14.7. The van der Waals surface area contributed by atoms with Crippen LogP contribution in [-0.2, 0) is 6.54 Å². The minimum atomic E-state index is 0.567. The molecule has 3 aromatic heterocycles. The fourth-order valence-electron chi connectivity index (χ4n) is 2.61. The second-order valence-electron chi connectivity index (χ2n) is 5.20. The number of fused-ring (bicyclic) bond motifs is 1. The lowest BCUT2D eigenvalue weighted by Crippen LogP contribution is -1.95. The SMILES string of the molecule is NCc1ccc(-c2cnc3cc(-c4ccsc4)ccn23)cc1. The molecular weight excluding hydrogens is 290 g/mol. The van der Waals surface area contributed by atoms with Gasteiger partial charge in [0, 0.05) is 18.3 Å². The lowest BCUT2D eigenvalue weighted by Gasteiger charge is -2.05. The van der Waals surface area contributed by atoms with Crippen LogP contribution in [0.15, 0.2) is 65.6 Å². The van der Waals surface area contributed by atoms with E-state index in [-0.39, 0.29) is 0 Å². The molecule has 0 aliphatic rings. The van der Waals surface area contributed by atoms with Gasteiger partial charge in [0.2, 0.25) is 0 Å². The fourth-order valence-corrected chi connectivity index (χ4v) is 3.28. The van der Waals surface area contributed by atoms with Crippen LogP contribution >= 0.6 is 11.3 Å². The number of benzene rings is 1. The molecule has 4 aromatic rings. The normalized spacial score (nSPS) is 11.1. The minimum absolute atomic E-state index is 0.567. The van der Waals surface area contributed by atoms with Crippen LogP contribution in [-0.4, -0.2) is 9.38 Å². The lowest BCUT2D eigenvalue weighted by atomic mass is 10.1. The Morgan fingerprint density at radius 3 is 2.59 bits per heavy atom. The number of aromatic nitrogens is 2. The molecule has 0 aliphatic heterocycles. The van der Waals surface area contributed by atoms with Crippen molar-refractivity contribution in [2.75, 3.05) is 0 Å². The maximum Gasteiger partial charge on any atom is 0.137 e. The van der Waals surface area contributed by atoms with Crippen molar-refractivity contribution >= 4 is 17.0 Å². The van der Waals surface area contributed by atoms with E-state index >= 15 is 0 Å². The minimum Gasteiger partial charge on any atom is -0.326 e. The number of nitrogens with zero attached hydrogens (tertiary/aromatic N) is 2. The van der Waals surface area contributed by atoms with Crippen LogP contribution in [0.25, 0.3) is 28.0 Å². The van der Waals surface area contributed by atoms with Gasteiger partial charge in [0.05, 0.1) is 11.9 Å². The molecular formula is C18H15N3S. The Morgan fingerprint density at radius 2 is 1.86 bits per heavy atom. The summed E-state index contributed by atoms with van der Waals surface area (Å²) in [7, 11) is 0. The number of imidazole rings is 1. The van der Waals surface area contributed by atoms with Gasteiger partial charge in [-0.3, -0.25) is 4.40 Å². The number of hydrogen-bond donors (Lipinski definition) is 1. The highest BCUT2D eigenvalue weighted by Gasteiger charge is 2.07. The van der Waals surface area contributed by atoms with Gasteiger partial charge in [-0.25, -0.2) is 4.98 Å². The van der Waals surface area contributed by atoms with Crippen molar-refractivity contribution in [1.29, 1.82) is 0 Å². The predicted octanol–water partition coefficient (Wildman–Crippen LogP) is 4.19. The molecule has 0 unspecified atom stereocenters. The van der Waals surface area contributed by atoms with Crippen molar-refractivity contribution < 1.29 is 0 Å². The summed E-state index contributed by atoms with van der Waals surface area (Å²) in [4.78, 5) is 4.55. The molecule has 3 nitrogen and oxygen atoms in total. The summed E-state index contributed by atoms with van der Waals surface area (Å²) in [5, 5.41) is 4.25. The highest BCUT2D eigenvalue weighted by atomic mass is 32.1. The van der Waals surface area contributed by atoms with E-state index in [2.05, 4.69) is 68.8 Å². The molecule has 0 bridgehead atoms. The zero-order valence-electron chi connectivity index (χ0n) is 11.9. The average Bonchev–Trinajstić information content (AvgIpc) is 3.24. The predicted molar refractivity (Wildman–Crippen MR) is 91.8 cm³/mol. The molecule has 1 aromatic carbocycles. The molecule has 4 heteroatoms. The van der Waals surface area contributed by atoms with E-state index in [1.807, 2.05) is 6.20 Å². The van der Waals surface area contributed by atoms with Crippen molar-refractivity contribution in [2.24, 2.45) is 5.73 Å². The zero-order chi connectivity index (χ0) is 14.9. The second-order valence-corrected chi connectivity index (χ2v) is 5.98. The van der Waals surface area contributed by atoms with Gasteiger partial charge in [0.15, 0.2) is 0 Å². The van der Waals surface area contributed by atoms with Crippen LogP contribution in [0.2, 0.25) is 0 Å². The van der Waals surface area contributed by atoms with Crippen molar-refractivity contribution in [2.45, 2.75) is 6.54 Å². The molecule has 0 saturated carbocycles. The van der Waals surface area contributed by atoms with Crippen LogP contribution in [0.4, 0.5) is 0 Å². The van der Waals surface area contributed by atoms with Crippen molar-refractivity contribution in [3.05, 3.63) is 71.2 Å². The van der Waals surface area contributed by atoms with Gasteiger partial charge >= 0.3 is 0 Å². The number of hydrogen-bond acceptors (Lipinski definition) is 3. The standard InChI is InChI=1S/C18H15N3S/c19-10-13-1-3-14(4-2-13)17-11-20-18-9-15(5-7-21(17)18)16-6-8-22-12-16/h1-9,11-12H,10,19H2. The third-order valence-corrected chi connectivity index (χ3v) is 4.54. The van der Waals surface area contributed by atoms with Crippen molar-refractivity contribution in [3.63, 3.8) is 0 Å². The summed E-state index contributed by atoms with van der Waals surface area (Å²) in [6.45, 7) is 0.567. The molecule has 0 saturated heterocycles. The monoisotopic (exact) mass is 305 g/mol. The first-order valence-corrected chi connectivity index (χ1v) is 8.08. The van der Waals surface area contributed by atoms with Crippen LogP contribution in [0.1, 0.15) is 5.56 Å². The van der Waals surface area contributed by atoms with Crippen LogP contribution in [0.5, 0.6) is 0 Å². The Kier molecular flexibility index (Phi) is 3.25. The third-order valence-electron chi connectivity index (χ3n) is 3.85. The molecule has 2 N–H and O–H groups in total. The molecule has 4 rings (SSSR count). The van der Waals surface area contributed by atoms with Crippen LogP contribution < -0.4 is 5.73 Å². The van der Waals surface area contributed by atoms with E-state index in [4.69, 9.17) is 5.73 Å². The van der Waals surface area contributed by atoms with E-state index in [9.17, 15) is 0 Å². The van der Waals surface area contributed by atoms with Crippen molar-refractivity contribution in [1.82, 2.24) is 9.38 Å². The summed E-state index contributed by atoms with van der Waals surface area (Å²) in [5.41, 5.74) is 12.4. The van der Waals surface area contributed by atoms with Crippen molar-refractivity contribution in [3.8, 4) is 22.4 Å². The highest BCUT2D eigenvalue weighted by Crippen LogP contribution is 2.26. The number of thiophene rings is 1. The Bertz CT molecular complexity index is 905. The van der Waals surface area contributed by atoms with Gasteiger partial charge in [0.1, 0.15) is 5.65 Å². The summed E-state index contributed by atoms with van der Waals surface area (Å²) < 4.78 is 2.12. The Hall–Kier alpha value is -2.43. The topological polar surface area (TPSA) is 43.3 Å². The smallest absolute Gasteiger partial charge is 0.137 e. The van der Waals surface area contributed by atoms with Gasteiger partial charge in [-0.05, 0) is 45.6 Å². The first-order valence-electron chi connectivity index (χ1n) is 7.14. The molecule has 0 fully saturated rings. The molecule has 0 amide bonds. The van der Waals surface area contributed by atoms with Gasteiger partial charge in [-0.1, -0.05) is 24.3 Å². The van der Waals surface area contributed by atoms with E-state index in [0.717, 1.165) is 22.5 Å². The van der Waals surface area contributed by atoms with Gasteiger partial charge in [-0.2, -0.15) is 11.3 Å². The van der Waals surface area contributed by atoms with Crippen LogP contribution in [0.3, 0.4) is 0 Å². The first-order chi connectivity index (χ1) is 10.8. The summed E-state index contributed by atoms with van der Waals surface area (Å²) >= 11 is 1.71. The van der Waals surface area contributed by atoms with Gasteiger partial charge in [-0.15, -0.1) is 0 Å². The maximum atomic E-state index is 5.66. The van der Waals surface area contributed by atoms with Gasteiger partial charge < -0.3 is 5.73 Å². The van der Waals surface area contributed by atoms with Gasteiger partial charge in [0.25, 0.3) is 0 Å². The molecule has 0 atom stereocenters. The Labute approximate surface area is 132 Å². The quantitative estimate of drug-likeness (QED) is 0.617. The number of nitrogens with two attached hydrogens (primary N) is 1. The maximum absolute atomic E-state index is 5.66. The summed E-state index contributed by atoms with van der Waals surface area (Å²) in [5.74, 6) is 0. The fraction of sp³-hybridized carbons (Fsp3) is 0.0556. The van der Waals surface area contributed by atoms with Crippen LogP contribution in [0, 0.1) is 0 Å². The Morgan fingerprint density at radius 1 is 1.00 bits per heavy atom. The molecule has 108 valence electrons. The van der Waals surface area contributed by atoms with E-state index in [1.165, 1.54) is 11.1 Å². The number of pyridine rings is 1. The second kappa shape index (κ2) is 5.40. The third kappa shape index (κ3) is 2.22. The molecule has 22 heavy (non-hydrogen) atoms. The number of rotatable bonds is 3. The van der Waals surface area contributed by atoms with E-state index in [1.54, 1.807) is 11.3 Å². The first kappa shape index (κ1) is 13.2. The van der Waals surface area contributed by atoms with E-state index < -0.39 is 0 Å². The zero-order valence-corrected chi connectivity index (χ0v) is 12.8. The molecule has 0 radical (unpaired) electrons. The molecule has 0 aliphatic carbocycles. The molecule has 3 heterocycles. The highest BCUT2D eigenvalue weighted by molar-refractivity contribution is 7.08. The molecule has 0 spiro atoms. The largest absolute Gasteiger partial charge is 0.326 e. The average molecular weight is 305 g/mol. The Balaban J connectivity index is 1.79. The lowest BCUT2D eigenvalue weighted by molar-refractivity contribution is 1.07. The summed E-state index contributed by atoms with van der Waals surface area (Å²) in [6.07, 6.45) is 4.01.